The van der Waals surface area contributed by atoms with E-state index in [2.05, 4.69) is 4.90 Å². The maximum Gasteiger partial charge on any atom is 0.401 e. The molecule has 148 valence electrons. The number of piperazine rings is 1. The van der Waals surface area contributed by atoms with Crippen LogP contribution in [0.4, 0.5) is 18.9 Å². The molecule has 1 amide bonds. The average Bonchev–Trinajstić information content (AvgIpc) is 2.67. The van der Waals surface area contributed by atoms with Crippen molar-refractivity contribution < 1.29 is 22.8 Å². The first kappa shape index (κ1) is 19.7. The Labute approximate surface area is 156 Å². The van der Waals surface area contributed by atoms with Gasteiger partial charge in [0.1, 0.15) is 6.29 Å². The van der Waals surface area contributed by atoms with Crippen LogP contribution in [0.3, 0.4) is 0 Å². The highest BCUT2D eigenvalue weighted by Gasteiger charge is 2.34. The minimum atomic E-state index is -4.19. The summed E-state index contributed by atoms with van der Waals surface area (Å²) >= 11 is 0. The molecule has 5 nitrogen and oxygen atoms in total. The number of benzene rings is 1. The molecule has 0 unspecified atom stereocenters. The van der Waals surface area contributed by atoms with Crippen LogP contribution < -0.4 is 4.90 Å². The summed E-state index contributed by atoms with van der Waals surface area (Å²) in [5, 5.41) is 0. The summed E-state index contributed by atoms with van der Waals surface area (Å²) in [4.78, 5) is 28.7. The molecule has 2 heterocycles. The molecular weight excluding hydrogens is 359 g/mol. The molecule has 0 N–H and O–H groups in total. The van der Waals surface area contributed by atoms with Crippen LogP contribution in [0.2, 0.25) is 0 Å². The van der Waals surface area contributed by atoms with Gasteiger partial charge in [-0.1, -0.05) is 0 Å². The summed E-state index contributed by atoms with van der Waals surface area (Å²) in [6, 6.07) is 7.37. The minimum Gasteiger partial charge on any atom is -0.371 e. The molecule has 8 heteroatoms. The molecule has 2 aliphatic rings. The second kappa shape index (κ2) is 8.29. The highest BCUT2D eigenvalue weighted by atomic mass is 19.4. The first-order chi connectivity index (χ1) is 12.9. The number of rotatable bonds is 4. The molecule has 0 saturated carbocycles. The number of halogens is 3. The van der Waals surface area contributed by atoms with Gasteiger partial charge in [0.15, 0.2) is 0 Å². The van der Waals surface area contributed by atoms with Crippen molar-refractivity contribution in [1.82, 2.24) is 9.80 Å². The van der Waals surface area contributed by atoms with Crippen LogP contribution in [-0.4, -0.2) is 74.0 Å². The molecule has 0 aromatic heterocycles. The van der Waals surface area contributed by atoms with Gasteiger partial charge < -0.3 is 9.80 Å². The zero-order chi connectivity index (χ0) is 19.4. The molecule has 0 spiro atoms. The van der Waals surface area contributed by atoms with E-state index in [0.29, 0.717) is 18.7 Å². The van der Waals surface area contributed by atoms with Crippen LogP contribution in [0.5, 0.6) is 0 Å². The molecule has 0 bridgehead atoms. The lowest BCUT2D eigenvalue weighted by Crippen LogP contribution is -2.53. The molecule has 2 aliphatic heterocycles. The first-order valence-electron chi connectivity index (χ1n) is 9.24. The zero-order valence-corrected chi connectivity index (χ0v) is 15.1. The van der Waals surface area contributed by atoms with Gasteiger partial charge in [-0.15, -0.1) is 0 Å². The van der Waals surface area contributed by atoms with Crippen LogP contribution in [0.1, 0.15) is 23.2 Å². The highest BCUT2D eigenvalue weighted by molar-refractivity contribution is 5.79. The van der Waals surface area contributed by atoms with E-state index in [-0.39, 0.29) is 24.9 Å². The molecular formula is C19H24F3N3O2. The topological polar surface area (TPSA) is 43.9 Å². The van der Waals surface area contributed by atoms with E-state index in [1.165, 1.54) is 4.90 Å². The summed E-state index contributed by atoms with van der Waals surface area (Å²) in [7, 11) is 0. The van der Waals surface area contributed by atoms with Gasteiger partial charge in [-0.05, 0) is 37.1 Å². The number of alkyl halides is 3. The Morgan fingerprint density at radius 2 is 1.59 bits per heavy atom. The Bertz CT molecular complexity index is 647. The van der Waals surface area contributed by atoms with Gasteiger partial charge in [0, 0.05) is 56.4 Å². The quantitative estimate of drug-likeness (QED) is 0.749. The number of aldehydes is 1. The smallest absolute Gasteiger partial charge is 0.371 e. The molecule has 0 atom stereocenters. The maximum atomic E-state index is 12.7. The number of hydrogen-bond acceptors (Lipinski definition) is 4. The average molecular weight is 383 g/mol. The van der Waals surface area contributed by atoms with Gasteiger partial charge in [0.05, 0.1) is 6.54 Å². The molecule has 1 aromatic rings. The van der Waals surface area contributed by atoms with Crippen molar-refractivity contribution in [2.45, 2.75) is 19.0 Å². The van der Waals surface area contributed by atoms with Crippen LogP contribution in [0, 0.1) is 5.92 Å². The van der Waals surface area contributed by atoms with E-state index in [1.54, 1.807) is 17.0 Å². The van der Waals surface area contributed by atoms with Crippen molar-refractivity contribution in [2.24, 2.45) is 5.92 Å². The van der Waals surface area contributed by atoms with Crippen molar-refractivity contribution >= 4 is 17.9 Å². The molecule has 2 saturated heterocycles. The number of carbonyl (C=O) groups is 2. The normalized spacial score (nSPS) is 20.0. The van der Waals surface area contributed by atoms with Crippen molar-refractivity contribution in [3.8, 4) is 0 Å². The summed E-state index contributed by atoms with van der Waals surface area (Å²) in [6.45, 7) is 1.87. The molecule has 27 heavy (non-hydrogen) atoms. The van der Waals surface area contributed by atoms with Crippen molar-refractivity contribution in [1.29, 1.82) is 0 Å². The third-order valence-corrected chi connectivity index (χ3v) is 5.33. The summed E-state index contributed by atoms with van der Waals surface area (Å²) in [6.07, 6.45) is -1.92. The van der Waals surface area contributed by atoms with E-state index in [0.717, 1.165) is 37.9 Å². The Kier molecular flexibility index (Phi) is 6.04. The lowest BCUT2D eigenvalue weighted by atomic mass is 9.94. The maximum absolute atomic E-state index is 12.7. The Morgan fingerprint density at radius 3 is 2.11 bits per heavy atom. The minimum absolute atomic E-state index is 0.0651. The Morgan fingerprint density at radius 1 is 1.00 bits per heavy atom. The van der Waals surface area contributed by atoms with Crippen LogP contribution in [0.15, 0.2) is 24.3 Å². The largest absolute Gasteiger partial charge is 0.401 e. The van der Waals surface area contributed by atoms with Crippen molar-refractivity contribution in [2.75, 3.05) is 50.7 Å². The molecule has 0 aliphatic carbocycles. The van der Waals surface area contributed by atoms with E-state index in [1.807, 2.05) is 12.1 Å². The lowest BCUT2D eigenvalue weighted by Gasteiger charge is -2.39. The molecule has 3 rings (SSSR count). The number of amides is 1. The fourth-order valence-corrected chi connectivity index (χ4v) is 3.79. The van der Waals surface area contributed by atoms with Crippen molar-refractivity contribution in [3.63, 3.8) is 0 Å². The van der Waals surface area contributed by atoms with Crippen LogP contribution >= 0.6 is 0 Å². The van der Waals surface area contributed by atoms with E-state index < -0.39 is 12.7 Å². The second-order valence-electron chi connectivity index (χ2n) is 7.19. The predicted octanol–water partition coefficient (Wildman–Crippen LogP) is 2.42. The zero-order valence-electron chi connectivity index (χ0n) is 15.1. The standard InChI is InChI=1S/C19H24F3N3O2/c20-19(21,22)14-23-9-11-25(12-10-23)18(27)16-5-7-24(8-6-16)17-3-1-15(13-26)2-4-17/h1-4,13,16H,5-12,14H2. The van der Waals surface area contributed by atoms with Gasteiger partial charge in [0.25, 0.3) is 0 Å². The van der Waals surface area contributed by atoms with Gasteiger partial charge in [-0.3, -0.25) is 14.5 Å². The van der Waals surface area contributed by atoms with Gasteiger partial charge in [-0.25, -0.2) is 0 Å². The van der Waals surface area contributed by atoms with E-state index in [4.69, 9.17) is 0 Å². The molecule has 0 radical (unpaired) electrons. The monoisotopic (exact) mass is 383 g/mol. The predicted molar refractivity (Wildman–Crippen MR) is 95.8 cm³/mol. The first-order valence-corrected chi connectivity index (χ1v) is 9.24. The van der Waals surface area contributed by atoms with Gasteiger partial charge in [0.2, 0.25) is 5.91 Å². The Hall–Kier alpha value is -2.09. The second-order valence-corrected chi connectivity index (χ2v) is 7.19. The van der Waals surface area contributed by atoms with E-state index in [9.17, 15) is 22.8 Å². The van der Waals surface area contributed by atoms with E-state index >= 15 is 0 Å². The fraction of sp³-hybridized carbons (Fsp3) is 0.579. The lowest BCUT2D eigenvalue weighted by molar-refractivity contribution is -0.153. The van der Waals surface area contributed by atoms with Gasteiger partial charge >= 0.3 is 6.18 Å². The van der Waals surface area contributed by atoms with Crippen molar-refractivity contribution in [3.05, 3.63) is 29.8 Å². The number of hydrogen-bond donors (Lipinski definition) is 0. The van der Waals surface area contributed by atoms with Crippen LogP contribution in [0.25, 0.3) is 0 Å². The highest BCUT2D eigenvalue weighted by Crippen LogP contribution is 2.25. The molecule has 2 fully saturated rings. The third kappa shape index (κ3) is 5.22. The number of piperidine rings is 1. The summed E-state index contributed by atoms with van der Waals surface area (Å²) < 4.78 is 37.4. The summed E-state index contributed by atoms with van der Waals surface area (Å²) in [5.41, 5.74) is 1.67. The van der Waals surface area contributed by atoms with Gasteiger partial charge in [-0.2, -0.15) is 13.2 Å². The summed E-state index contributed by atoms with van der Waals surface area (Å²) in [5.74, 6) is 0.00211. The SMILES string of the molecule is O=Cc1ccc(N2CCC(C(=O)N3CCN(CC(F)(F)F)CC3)CC2)cc1. The number of carbonyl (C=O) groups excluding carboxylic acids is 2. The number of nitrogens with zero attached hydrogens (tertiary/aromatic N) is 3. The third-order valence-electron chi connectivity index (χ3n) is 5.33. The van der Waals surface area contributed by atoms with Crippen LogP contribution in [-0.2, 0) is 4.79 Å². The number of anilines is 1. The Balaban J connectivity index is 1.46. The molecule has 1 aromatic carbocycles. The fourth-order valence-electron chi connectivity index (χ4n) is 3.79.